The maximum absolute atomic E-state index is 13.8. The number of aromatic amines is 1. The van der Waals surface area contributed by atoms with Crippen molar-refractivity contribution in [3.05, 3.63) is 71.5 Å². The smallest absolute Gasteiger partial charge is 0.250 e. The van der Waals surface area contributed by atoms with Crippen molar-refractivity contribution in [2.75, 3.05) is 17.3 Å². The summed E-state index contributed by atoms with van der Waals surface area (Å²) in [6, 6.07) is 11.8. The predicted molar refractivity (Wildman–Crippen MR) is 104 cm³/mol. The molecule has 2 aromatic carbocycles. The molecule has 0 unspecified atom stereocenters. The van der Waals surface area contributed by atoms with Gasteiger partial charge in [0, 0.05) is 35.4 Å². The quantitative estimate of drug-likeness (QED) is 0.628. The summed E-state index contributed by atoms with van der Waals surface area (Å²) in [7, 11) is 1.66. The topological polar surface area (TPSA) is 73.9 Å². The molecule has 0 saturated heterocycles. The van der Waals surface area contributed by atoms with Crippen LogP contribution in [0.25, 0.3) is 11.4 Å². The largest absolute Gasteiger partial charge is 0.350 e. The van der Waals surface area contributed by atoms with Gasteiger partial charge < -0.3 is 10.2 Å². The second-order valence-corrected chi connectivity index (χ2v) is 6.12. The van der Waals surface area contributed by atoms with Gasteiger partial charge in [0.25, 0.3) is 0 Å². The van der Waals surface area contributed by atoms with Gasteiger partial charge in [0.05, 0.1) is 0 Å². The number of likely N-dealkylation sites (N-methyl/N-ethyl adjacent to an activating group) is 1. The molecule has 0 aliphatic carbocycles. The first kappa shape index (κ1) is 18.6. The molecule has 0 bridgehead atoms. The maximum Gasteiger partial charge on any atom is 0.250 e. The van der Waals surface area contributed by atoms with Gasteiger partial charge >= 0.3 is 0 Å². The Morgan fingerprint density at radius 1 is 1.37 bits per heavy atom. The van der Waals surface area contributed by atoms with Crippen molar-refractivity contribution in [1.29, 1.82) is 0 Å². The van der Waals surface area contributed by atoms with Crippen LogP contribution in [-0.2, 0) is 11.3 Å². The molecular formula is C19H17ClFN5O. The summed E-state index contributed by atoms with van der Waals surface area (Å²) in [6.07, 6.45) is 1.25. The number of nitrogens with one attached hydrogen (secondary N) is 2. The molecule has 8 heteroatoms. The average Bonchev–Trinajstić information content (AvgIpc) is 3.15. The standard InChI is InChI=1S/C19H17ClFN5O/c1-3-17(27)26(2)13-7-4-6-12(10-13)18-23-19(25-24-18)22-11-14-15(20)8-5-9-16(14)21/h3-10H,1,11H2,2H3,(H2,22,23,24,25). The fraction of sp³-hybridized carbons (Fsp3) is 0.105. The molecule has 1 heterocycles. The maximum atomic E-state index is 13.8. The van der Waals surface area contributed by atoms with Crippen LogP contribution in [0.3, 0.4) is 0 Å². The molecule has 0 radical (unpaired) electrons. The van der Waals surface area contributed by atoms with E-state index in [1.807, 2.05) is 6.07 Å². The number of aromatic nitrogens is 3. The molecular weight excluding hydrogens is 369 g/mol. The molecule has 0 spiro atoms. The summed E-state index contributed by atoms with van der Waals surface area (Å²) in [5.41, 5.74) is 1.77. The molecule has 1 aromatic heterocycles. The van der Waals surface area contributed by atoms with Crippen molar-refractivity contribution in [2.45, 2.75) is 6.54 Å². The van der Waals surface area contributed by atoms with E-state index in [1.165, 1.54) is 17.0 Å². The SMILES string of the molecule is C=CC(=O)N(C)c1cccc(-c2n[nH]c(NCc3c(F)cccc3Cl)n2)c1. The van der Waals surface area contributed by atoms with Gasteiger partial charge in [0.15, 0.2) is 5.82 Å². The first-order chi connectivity index (χ1) is 13.0. The highest BCUT2D eigenvalue weighted by atomic mass is 35.5. The van der Waals surface area contributed by atoms with Crippen molar-refractivity contribution in [3.8, 4) is 11.4 Å². The van der Waals surface area contributed by atoms with E-state index in [1.54, 1.807) is 37.4 Å². The van der Waals surface area contributed by atoms with Crippen LogP contribution in [0.4, 0.5) is 16.0 Å². The van der Waals surface area contributed by atoms with E-state index in [2.05, 4.69) is 27.1 Å². The lowest BCUT2D eigenvalue weighted by atomic mass is 10.2. The Bertz CT molecular complexity index is 967. The van der Waals surface area contributed by atoms with Crippen LogP contribution in [0.15, 0.2) is 55.1 Å². The molecule has 27 heavy (non-hydrogen) atoms. The zero-order valence-corrected chi connectivity index (χ0v) is 15.3. The van der Waals surface area contributed by atoms with Crippen LogP contribution in [-0.4, -0.2) is 28.1 Å². The van der Waals surface area contributed by atoms with Crippen LogP contribution in [0, 0.1) is 5.82 Å². The number of hydrogen-bond acceptors (Lipinski definition) is 4. The highest BCUT2D eigenvalue weighted by molar-refractivity contribution is 6.31. The molecule has 0 aliphatic rings. The van der Waals surface area contributed by atoms with E-state index in [9.17, 15) is 9.18 Å². The Balaban J connectivity index is 1.76. The molecule has 3 aromatic rings. The Kier molecular flexibility index (Phi) is 5.52. The number of amides is 1. The second-order valence-electron chi connectivity index (χ2n) is 5.71. The number of H-pyrrole nitrogens is 1. The number of anilines is 2. The highest BCUT2D eigenvalue weighted by Crippen LogP contribution is 2.23. The molecule has 0 saturated carbocycles. The number of halogens is 2. The van der Waals surface area contributed by atoms with Crippen LogP contribution in [0.1, 0.15) is 5.56 Å². The molecule has 6 nitrogen and oxygen atoms in total. The van der Waals surface area contributed by atoms with Gasteiger partial charge in [-0.3, -0.25) is 4.79 Å². The Hall–Kier alpha value is -3.19. The number of nitrogens with zero attached hydrogens (tertiary/aromatic N) is 3. The zero-order valence-electron chi connectivity index (χ0n) is 14.5. The van der Waals surface area contributed by atoms with Gasteiger partial charge in [-0.2, -0.15) is 10.1 Å². The van der Waals surface area contributed by atoms with E-state index in [-0.39, 0.29) is 12.5 Å². The third-order valence-electron chi connectivity index (χ3n) is 3.98. The minimum absolute atomic E-state index is 0.163. The van der Waals surface area contributed by atoms with Gasteiger partial charge in [0.2, 0.25) is 11.9 Å². The minimum atomic E-state index is -0.391. The summed E-state index contributed by atoms with van der Waals surface area (Å²) >= 11 is 6.02. The third kappa shape index (κ3) is 4.15. The van der Waals surface area contributed by atoms with Crippen LogP contribution < -0.4 is 10.2 Å². The molecule has 2 N–H and O–H groups in total. The van der Waals surface area contributed by atoms with E-state index in [0.717, 1.165) is 5.56 Å². The number of benzene rings is 2. The summed E-state index contributed by atoms with van der Waals surface area (Å²) < 4.78 is 13.8. The van der Waals surface area contributed by atoms with Crippen molar-refractivity contribution in [2.24, 2.45) is 0 Å². The summed E-state index contributed by atoms with van der Waals surface area (Å²) in [5.74, 6) is 0.215. The second kappa shape index (κ2) is 8.01. The molecule has 1 amide bonds. The first-order valence-electron chi connectivity index (χ1n) is 8.09. The summed E-state index contributed by atoms with van der Waals surface area (Å²) in [4.78, 5) is 17.6. The molecule has 0 aliphatic heterocycles. The molecule has 138 valence electrons. The summed E-state index contributed by atoms with van der Waals surface area (Å²) in [5, 5.41) is 10.2. The average molecular weight is 386 g/mol. The van der Waals surface area contributed by atoms with Crippen molar-refractivity contribution in [1.82, 2.24) is 15.2 Å². The lowest BCUT2D eigenvalue weighted by Gasteiger charge is -2.15. The van der Waals surface area contributed by atoms with Gasteiger partial charge in [0.1, 0.15) is 5.82 Å². The van der Waals surface area contributed by atoms with Crippen LogP contribution >= 0.6 is 11.6 Å². The Labute approximate surface area is 160 Å². The monoisotopic (exact) mass is 385 g/mol. The predicted octanol–water partition coefficient (Wildman–Crippen LogP) is 4.03. The van der Waals surface area contributed by atoms with E-state index >= 15 is 0 Å². The zero-order chi connectivity index (χ0) is 19.4. The Morgan fingerprint density at radius 2 is 2.15 bits per heavy atom. The number of carbonyl (C=O) groups excluding carboxylic acids is 1. The van der Waals surface area contributed by atoms with Crippen molar-refractivity contribution >= 4 is 29.1 Å². The lowest BCUT2D eigenvalue weighted by molar-refractivity contribution is -0.113. The van der Waals surface area contributed by atoms with Gasteiger partial charge in [-0.1, -0.05) is 36.4 Å². The Morgan fingerprint density at radius 3 is 2.89 bits per heavy atom. The number of carbonyl (C=O) groups is 1. The third-order valence-corrected chi connectivity index (χ3v) is 4.33. The molecule has 3 rings (SSSR count). The van der Waals surface area contributed by atoms with E-state index < -0.39 is 5.82 Å². The van der Waals surface area contributed by atoms with Crippen LogP contribution in [0.2, 0.25) is 5.02 Å². The van der Waals surface area contributed by atoms with Crippen molar-refractivity contribution in [3.63, 3.8) is 0 Å². The molecule has 0 atom stereocenters. The normalized spacial score (nSPS) is 10.5. The van der Waals surface area contributed by atoms with Crippen LogP contribution in [0.5, 0.6) is 0 Å². The van der Waals surface area contributed by atoms with Crippen molar-refractivity contribution < 1.29 is 9.18 Å². The van der Waals surface area contributed by atoms with Gasteiger partial charge in [-0.15, -0.1) is 0 Å². The van der Waals surface area contributed by atoms with Gasteiger partial charge in [-0.05, 0) is 30.3 Å². The summed E-state index contributed by atoms with van der Waals surface area (Å²) in [6.45, 7) is 3.65. The van der Waals surface area contributed by atoms with E-state index in [4.69, 9.17) is 11.6 Å². The lowest BCUT2D eigenvalue weighted by Crippen LogP contribution is -2.23. The molecule has 0 fully saturated rings. The fourth-order valence-electron chi connectivity index (χ4n) is 2.46. The fourth-order valence-corrected chi connectivity index (χ4v) is 2.69. The highest BCUT2D eigenvalue weighted by Gasteiger charge is 2.12. The number of hydrogen-bond donors (Lipinski definition) is 2. The van der Waals surface area contributed by atoms with Gasteiger partial charge in [-0.25, -0.2) is 9.49 Å². The number of rotatable bonds is 6. The van der Waals surface area contributed by atoms with E-state index in [0.29, 0.717) is 28.0 Å². The first-order valence-corrected chi connectivity index (χ1v) is 8.47. The minimum Gasteiger partial charge on any atom is -0.350 e.